The van der Waals surface area contributed by atoms with Gasteiger partial charge in [-0.1, -0.05) is 12.8 Å². The van der Waals surface area contributed by atoms with E-state index < -0.39 is 18.0 Å². The molecule has 72 valence electrons. The molecule has 0 fully saturated rings. The van der Waals surface area contributed by atoms with Crippen LogP contribution in [0.1, 0.15) is 26.7 Å². The van der Waals surface area contributed by atoms with E-state index in [9.17, 15) is 9.59 Å². The predicted octanol–water partition coefficient (Wildman–Crippen LogP) is 0.806. The van der Waals surface area contributed by atoms with Gasteiger partial charge in [-0.05, 0) is 6.92 Å². The predicted molar refractivity (Wildman–Crippen MR) is 45.9 cm³/mol. The number of aliphatic carboxylic acids is 1. The van der Waals surface area contributed by atoms with Crippen molar-refractivity contribution < 1.29 is 19.4 Å². The summed E-state index contributed by atoms with van der Waals surface area (Å²) in [6, 6.07) is 0. The lowest BCUT2D eigenvalue weighted by atomic mass is 10.3. The average molecular weight is 184 g/mol. The summed E-state index contributed by atoms with van der Waals surface area (Å²) in [5.41, 5.74) is 0. The van der Waals surface area contributed by atoms with Crippen LogP contribution < -0.4 is 0 Å². The molecule has 1 N–H and O–H groups in total. The largest absolute Gasteiger partial charge is 0.473 e. The van der Waals surface area contributed by atoms with Gasteiger partial charge >= 0.3 is 11.9 Å². The van der Waals surface area contributed by atoms with Gasteiger partial charge in [0.15, 0.2) is 0 Å². The molecule has 0 rings (SSSR count). The summed E-state index contributed by atoms with van der Waals surface area (Å²) in [4.78, 5) is 20.6. The number of carbonyl (C=O) groups is 2. The minimum absolute atomic E-state index is 0.368. The Labute approximate surface area is 76.9 Å². The first-order valence-corrected chi connectivity index (χ1v) is 3.97. The summed E-state index contributed by atoms with van der Waals surface area (Å²) in [6.07, 6.45) is 0.634. The lowest BCUT2D eigenvalue weighted by Gasteiger charge is -2.06. The Morgan fingerprint density at radius 2 is 2.08 bits per heavy atom. The van der Waals surface area contributed by atoms with Crippen LogP contribution in [-0.4, -0.2) is 23.1 Å². The highest BCUT2D eigenvalue weighted by molar-refractivity contribution is 6.28. The zero-order valence-corrected chi connectivity index (χ0v) is 7.66. The number of hydrogen-bond donors (Lipinski definition) is 1. The second kappa shape index (κ2) is 6.06. The van der Waals surface area contributed by atoms with Crippen LogP contribution in [0.25, 0.3) is 0 Å². The van der Waals surface area contributed by atoms with Crippen molar-refractivity contribution in [3.63, 3.8) is 0 Å². The third-order valence-electron chi connectivity index (χ3n) is 1.17. The molecule has 0 amide bonds. The summed E-state index contributed by atoms with van der Waals surface area (Å²) < 4.78 is 4.52. The monoisotopic (exact) mass is 184 g/mol. The summed E-state index contributed by atoms with van der Waals surface area (Å²) in [6.45, 7) is 3.51. The van der Waals surface area contributed by atoms with Crippen molar-refractivity contribution in [2.45, 2.75) is 32.8 Å². The fourth-order valence-corrected chi connectivity index (χ4v) is 0.616. The summed E-state index contributed by atoms with van der Waals surface area (Å²) in [5.74, 6) is 2.75. The molecule has 4 nitrogen and oxygen atoms in total. The van der Waals surface area contributed by atoms with E-state index >= 15 is 0 Å². The van der Waals surface area contributed by atoms with Crippen molar-refractivity contribution in [1.29, 1.82) is 0 Å². The van der Waals surface area contributed by atoms with Crippen molar-refractivity contribution in [2.24, 2.45) is 0 Å². The molecule has 0 aromatic rings. The van der Waals surface area contributed by atoms with Gasteiger partial charge in [0.2, 0.25) is 0 Å². The van der Waals surface area contributed by atoms with Crippen molar-refractivity contribution in [3.8, 4) is 11.8 Å². The smallest absolute Gasteiger partial charge is 0.417 e. The molecule has 0 aliphatic carbocycles. The molecule has 13 heavy (non-hydrogen) atoms. The molecule has 0 aliphatic rings. The van der Waals surface area contributed by atoms with Gasteiger partial charge in [0.05, 0.1) is 0 Å². The number of rotatable bonds is 2. The molecular weight excluding hydrogens is 172 g/mol. The maximum absolute atomic E-state index is 10.5. The zero-order chi connectivity index (χ0) is 10.3. The number of carboxylic acids is 1. The third kappa shape index (κ3) is 5.74. The van der Waals surface area contributed by atoms with Gasteiger partial charge in [-0.3, -0.25) is 0 Å². The van der Waals surface area contributed by atoms with Gasteiger partial charge in [0, 0.05) is 12.8 Å². The van der Waals surface area contributed by atoms with Crippen molar-refractivity contribution in [2.75, 3.05) is 0 Å². The van der Waals surface area contributed by atoms with E-state index in [0.717, 1.165) is 6.42 Å². The molecule has 0 saturated heterocycles. The van der Waals surface area contributed by atoms with Crippen LogP contribution in [0.3, 0.4) is 0 Å². The minimum Gasteiger partial charge on any atom is -0.473 e. The van der Waals surface area contributed by atoms with Crippen LogP contribution in [0.5, 0.6) is 0 Å². The second-order valence-corrected chi connectivity index (χ2v) is 2.43. The third-order valence-corrected chi connectivity index (χ3v) is 1.17. The van der Waals surface area contributed by atoms with Crippen molar-refractivity contribution >= 4 is 11.9 Å². The number of ether oxygens (including phenoxy) is 1. The highest BCUT2D eigenvalue weighted by Crippen LogP contribution is 1.96. The lowest BCUT2D eigenvalue weighted by molar-refractivity contribution is -0.166. The Morgan fingerprint density at radius 1 is 1.46 bits per heavy atom. The van der Waals surface area contributed by atoms with E-state index in [-0.39, 0.29) is 0 Å². The Balaban J connectivity index is 3.80. The van der Waals surface area contributed by atoms with E-state index in [1.54, 1.807) is 6.92 Å². The summed E-state index contributed by atoms with van der Waals surface area (Å²) in [7, 11) is 0. The highest BCUT2D eigenvalue weighted by Gasteiger charge is 2.15. The first-order chi connectivity index (χ1) is 6.07. The fraction of sp³-hybridized carbons (Fsp3) is 0.556. The first kappa shape index (κ1) is 11.5. The molecule has 0 bridgehead atoms. The maximum Gasteiger partial charge on any atom is 0.417 e. The van der Waals surface area contributed by atoms with Crippen LogP contribution in [0.2, 0.25) is 0 Å². The van der Waals surface area contributed by atoms with Crippen LogP contribution in [0.4, 0.5) is 0 Å². The first-order valence-electron chi connectivity index (χ1n) is 3.97. The lowest BCUT2D eigenvalue weighted by Crippen LogP contribution is -2.21. The van der Waals surface area contributed by atoms with Gasteiger partial charge in [0.25, 0.3) is 0 Å². The Morgan fingerprint density at radius 3 is 2.54 bits per heavy atom. The maximum atomic E-state index is 10.5. The molecule has 0 spiro atoms. The number of carbonyl (C=O) groups excluding carboxylic acids is 1. The van der Waals surface area contributed by atoms with Crippen LogP contribution in [0, 0.1) is 11.8 Å². The fourth-order valence-electron chi connectivity index (χ4n) is 0.616. The molecule has 1 unspecified atom stereocenters. The van der Waals surface area contributed by atoms with Crippen molar-refractivity contribution in [3.05, 3.63) is 0 Å². The molecule has 4 heteroatoms. The Kier molecular flexibility index (Phi) is 5.37. The molecule has 0 saturated carbocycles. The quantitative estimate of drug-likeness (QED) is 0.392. The standard InChI is InChI=1S/C9H12O4/c1-3-4-5-6-7(2)13-9(12)8(10)11/h7H,3,6H2,1-2H3,(H,10,11). The topological polar surface area (TPSA) is 63.6 Å². The van der Waals surface area contributed by atoms with E-state index in [0.29, 0.717) is 6.42 Å². The van der Waals surface area contributed by atoms with E-state index in [2.05, 4.69) is 16.6 Å². The highest BCUT2D eigenvalue weighted by atomic mass is 16.6. The Bertz CT molecular complexity index is 246. The molecule has 0 aromatic carbocycles. The van der Waals surface area contributed by atoms with Gasteiger partial charge in [-0.15, -0.1) is 5.92 Å². The SMILES string of the molecule is CCC#CCC(C)OC(=O)C(=O)O. The van der Waals surface area contributed by atoms with Crippen molar-refractivity contribution in [1.82, 2.24) is 0 Å². The van der Waals surface area contributed by atoms with Gasteiger partial charge < -0.3 is 9.84 Å². The summed E-state index contributed by atoms with van der Waals surface area (Å²) >= 11 is 0. The molecular formula is C9H12O4. The van der Waals surface area contributed by atoms with E-state index in [4.69, 9.17) is 5.11 Å². The van der Waals surface area contributed by atoms with Crippen LogP contribution in [0.15, 0.2) is 0 Å². The zero-order valence-electron chi connectivity index (χ0n) is 7.66. The second-order valence-electron chi connectivity index (χ2n) is 2.43. The molecule has 1 atom stereocenters. The molecule has 0 heterocycles. The minimum atomic E-state index is -1.57. The average Bonchev–Trinajstić information content (AvgIpc) is 2.04. The number of hydrogen-bond acceptors (Lipinski definition) is 3. The van der Waals surface area contributed by atoms with Crippen LogP contribution >= 0.6 is 0 Å². The van der Waals surface area contributed by atoms with Gasteiger partial charge in [0.1, 0.15) is 6.10 Å². The summed E-state index contributed by atoms with van der Waals surface area (Å²) in [5, 5.41) is 8.19. The number of carboxylic acid groups (broad SMARTS) is 1. The molecule has 0 aliphatic heterocycles. The van der Waals surface area contributed by atoms with E-state index in [1.165, 1.54) is 0 Å². The van der Waals surface area contributed by atoms with Gasteiger partial charge in [-0.25, -0.2) is 9.59 Å². The molecule has 0 aromatic heterocycles. The van der Waals surface area contributed by atoms with Crippen LogP contribution in [-0.2, 0) is 14.3 Å². The van der Waals surface area contributed by atoms with E-state index in [1.807, 2.05) is 6.92 Å². The van der Waals surface area contributed by atoms with Gasteiger partial charge in [-0.2, -0.15) is 0 Å². The Hall–Kier alpha value is -1.50. The normalized spacial score (nSPS) is 10.9. The number of esters is 1. The molecule has 0 radical (unpaired) electrons.